The third-order valence-corrected chi connectivity index (χ3v) is 4.27. The van der Waals surface area contributed by atoms with Gasteiger partial charge < -0.3 is 5.32 Å². The van der Waals surface area contributed by atoms with E-state index in [1.54, 1.807) is 0 Å². The molecule has 0 bridgehead atoms. The smallest absolute Gasteiger partial charge is 0.157 e. The molecule has 1 N–H and O–H groups in total. The van der Waals surface area contributed by atoms with Gasteiger partial charge in [-0.3, -0.25) is 4.99 Å². The van der Waals surface area contributed by atoms with Crippen LogP contribution in [0.5, 0.6) is 0 Å². The highest BCUT2D eigenvalue weighted by Gasteiger charge is 2.36. The Morgan fingerprint density at radius 2 is 2.36 bits per heavy atom. The van der Waals surface area contributed by atoms with E-state index in [1.165, 1.54) is 30.9 Å². The second-order valence-electron chi connectivity index (χ2n) is 4.33. The maximum Gasteiger partial charge on any atom is 0.157 e. The molecule has 1 saturated carbocycles. The predicted molar refractivity (Wildman–Crippen MR) is 63.9 cm³/mol. The molecule has 0 aromatic carbocycles. The van der Waals surface area contributed by atoms with Gasteiger partial charge >= 0.3 is 0 Å². The summed E-state index contributed by atoms with van der Waals surface area (Å²) in [6.07, 6.45) is 5.26. The van der Waals surface area contributed by atoms with Gasteiger partial charge in [0.05, 0.1) is 6.54 Å². The van der Waals surface area contributed by atoms with Crippen molar-refractivity contribution < 1.29 is 0 Å². The number of hydrogen-bond donors (Lipinski definition) is 1. The molecule has 2 nitrogen and oxygen atoms in total. The first kappa shape index (κ1) is 10.3. The third kappa shape index (κ3) is 2.44. The van der Waals surface area contributed by atoms with Gasteiger partial charge in [-0.25, -0.2) is 0 Å². The molecule has 2 rings (SSSR count). The number of nitrogens with one attached hydrogen (secondary N) is 1. The third-order valence-electron chi connectivity index (χ3n) is 3.08. The van der Waals surface area contributed by atoms with E-state index in [0.717, 1.165) is 23.8 Å². The molecule has 0 radical (unpaired) electrons. The number of nitrogens with zero attached hydrogens (tertiary/aromatic N) is 1. The standard InChI is InChI=1S/C11H20N2S/c1-3-5-9-7-12-11(14-9)13-10-6-8(10)4-2/h8-10H,3-7H2,1-2H3,(H,12,13). The Morgan fingerprint density at radius 1 is 1.50 bits per heavy atom. The highest BCUT2D eigenvalue weighted by molar-refractivity contribution is 8.14. The van der Waals surface area contributed by atoms with E-state index in [4.69, 9.17) is 0 Å². The highest BCUT2D eigenvalue weighted by Crippen LogP contribution is 2.35. The van der Waals surface area contributed by atoms with Gasteiger partial charge in [0.15, 0.2) is 5.17 Å². The van der Waals surface area contributed by atoms with Crippen molar-refractivity contribution in [3.8, 4) is 0 Å². The van der Waals surface area contributed by atoms with Gasteiger partial charge in [-0.2, -0.15) is 0 Å². The average molecular weight is 212 g/mol. The Balaban J connectivity index is 1.69. The summed E-state index contributed by atoms with van der Waals surface area (Å²) >= 11 is 1.95. The summed E-state index contributed by atoms with van der Waals surface area (Å²) in [7, 11) is 0. The minimum Gasteiger partial charge on any atom is -0.362 e. The van der Waals surface area contributed by atoms with Crippen LogP contribution in [0.4, 0.5) is 0 Å². The van der Waals surface area contributed by atoms with Crippen molar-refractivity contribution in [2.24, 2.45) is 10.9 Å². The Bertz CT molecular complexity index is 227. The van der Waals surface area contributed by atoms with Gasteiger partial charge in [-0.05, 0) is 18.8 Å². The Kier molecular flexibility index (Phi) is 3.37. The average Bonchev–Trinajstić information content (AvgIpc) is 2.78. The van der Waals surface area contributed by atoms with Crippen molar-refractivity contribution in [2.45, 2.75) is 50.8 Å². The van der Waals surface area contributed by atoms with Crippen LogP contribution in [-0.2, 0) is 0 Å². The molecule has 0 saturated heterocycles. The van der Waals surface area contributed by atoms with Crippen LogP contribution in [-0.4, -0.2) is 23.0 Å². The SMILES string of the molecule is CCCC1CN=C(NC2CC2CC)S1. The molecular formula is C11H20N2S. The lowest BCUT2D eigenvalue weighted by Gasteiger charge is -2.07. The van der Waals surface area contributed by atoms with E-state index in [2.05, 4.69) is 24.2 Å². The fourth-order valence-electron chi connectivity index (χ4n) is 2.00. The van der Waals surface area contributed by atoms with Crippen LogP contribution < -0.4 is 5.32 Å². The molecule has 0 spiro atoms. The maximum atomic E-state index is 4.55. The Morgan fingerprint density at radius 3 is 3.00 bits per heavy atom. The van der Waals surface area contributed by atoms with Crippen molar-refractivity contribution in [1.29, 1.82) is 0 Å². The van der Waals surface area contributed by atoms with Gasteiger partial charge in [0.2, 0.25) is 0 Å². The molecule has 0 aromatic heterocycles. The van der Waals surface area contributed by atoms with Crippen LogP contribution in [0.3, 0.4) is 0 Å². The van der Waals surface area contributed by atoms with Crippen LogP contribution in [0.25, 0.3) is 0 Å². The summed E-state index contributed by atoms with van der Waals surface area (Å²) < 4.78 is 0. The lowest BCUT2D eigenvalue weighted by Crippen LogP contribution is -2.23. The molecule has 1 aliphatic heterocycles. The van der Waals surface area contributed by atoms with Gasteiger partial charge in [-0.1, -0.05) is 38.5 Å². The van der Waals surface area contributed by atoms with E-state index in [1.807, 2.05) is 11.8 Å². The van der Waals surface area contributed by atoms with E-state index >= 15 is 0 Å². The van der Waals surface area contributed by atoms with Crippen molar-refractivity contribution in [3.63, 3.8) is 0 Å². The summed E-state index contributed by atoms with van der Waals surface area (Å²) in [5, 5.41) is 5.52. The number of hydrogen-bond acceptors (Lipinski definition) is 3. The van der Waals surface area contributed by atoms with E-state index in [-0.39, 0.29) is 0 Å². The summed E-state index contributed by atoms with van der Waals surface area (Å²) in [5.41, 5.74) is 0. The molecule has 3 atom stereocenters. The fraction of sp³-hybridized carbons (Fsp3) is 0.909. The van der Waals surface area contributed by atoms with E-state index < -0.39 is 0 Å². The highest BCUT2D eigenvalue weighted by atomic mass is 32.2. The van der Waals surface area contributed by atoms with E-state index in [0.29, 0.717) is 0 Å². The predicted octanol–water partition coefficient (Wildman–Crippen LogP) is 2.65. The van der Waals surface area contributed by atoms with Crippen LogP contribution in [0.1, 0.15) is 39.5 Å². The quantitative estimate of drug-likeness (QED) is 0.774. The van der Waals surface area contributed by atoms with Crippen molar-refractivity contribution in [2.75, 3.05) is 6.54 Å². The van der Waals surface area contributed by atoms with Crippen LogP contribution in [0, 0.1) is 5.92 Å². The molecular weight excluding hydrogens is 192 g/mol. The van der Waals surface area contributed by atoms with Gasteiger partial charge in [0.1, 0.15) is 0 Å². The molecule has 1 aliphatic carbocycles. The molecule has 80 valence electrons. The minimum atomic E-state index is 0.742. The molecule has 2 aliphatic rings. The molecule has 0 aromatic rings. The second kappa shape index (κ2) is 4.56. The van der Waals surface area contributed by atoms with Crippen molar-refractivity contribution >= 4 is 16.9 Å². The lowest BCUT2D eigenvalue weighted by atomic mass is 10.2. The maximum absolute atomic E-state index is 4.55. The summed E-state index contributed by atoms with van der Waals surface area (Å²) in [4.78, 5) is 4.55. The summed E-state index contributed by atoms with van der Waals surface area (Å²) in [5.74, 6) is 0.920. The van der Waals surface area contributed by atoms with Gasteiger partial charge in [-0.15, -0.1) is 0 Å². The topological polar surface area (TPSA) is 24.4 Å². The van der Waals surface area contributed by atoms with E-state index in [9.17, 15) is 0 Å². The first-order valence-corrected chi connectivity index (χ1v) is 6.69. The zero-order valence-electron chi connectivity index (χ0n) is 9.12. The normalized spacial score (nSPS) is 35.6. The van der Waals surface area contributed by atoms with Crippen LogP contribution in [0.15, 0.2) is 4.99 Å². The van der Waals surface area contributed by atoms with Crippen LogP contribution in [0.2, 0.25) is 0 Å². The first-order valence-electron chi connectivity index (χ1n) is 5.81. The zero-order chi connectivity index (χ0) is 9.97. The molecule has 1 heterocycles. The minimum absolute atomic E-state index is 0.742. The molecule has 1 fully saturated rings. The largest absolute Gasteiger partial charge is 0.362 e. The van der Waals surface area contributed by atoms with Crippen molar-refractivity contribution in [3.05, 3.63) is 0 Å². The molecule has 14 heavy (non-hydrogen) atoms. The molecule has 3 unspecified atom stereocenters. The number of thioether (sulfide) groups is 1. The number of rotatable bonds is 4. The monoisotopic (exact) mass is 212 g/mol. The molecule has 3 heteroatoms. The fourth-order valence-corrected chi connectivity index (χ4v) is 3.19. The van der Waals surface area contributed by atoms with Crippen LogP contribution >= 0.6 is 11.8 Å². The van der Waals surface area contributed by atoms with Gasteiger partial charge in [0, 0.05) is 11.3 Å². The Labute approximate surface area is 90.9 Å². The molecule has 0 amide bonds. The summed E-state index contributed by atoms with van der Waals surface area (Å²) in [6, 6.07) is 0.742. The zero-order valence-corrected chi connectivity index (χ0v) is 9.94. The lowest BCUT2D eigenvalue weighted by molar-refractivity contribution is 0.725. The van der Waals surface area contributed by atoms with Gasteiger partial charge in [0.25, 0.3) is 0 Å². The number of amidine groups is 1. The second-order valence-corrected chi connectivity index (χ2v) is 5.62. The Hall–Kier alpha value is -0.180. The number of aliphatic imine (C=N–C) groups is 1. The summed E-state index contributed by atoms with van der Waals surface area (Å²) in [6.45, 7) is 5.56. The van der Waals surface area contributed by atoms with Crippen molar-refractivity contribution in [1.82, 2.24) is 5.32 Å². The first-order chi connectivity index (χ1) is 6.83.